The van der Waals surface area contributed by atoms with Crippen LogP contribution in [0.15, 0.2) is 55.0 Å². The second kappa shape index (κ2) is 9.85. The molecular formula is C28H32N6O. The summed E-state index contributed by atoms with van der Waals surface area (Å²) in [5.74, 6) is 0. The van der Waals surface area contributed by atoms with Crippen LogP contribution in [0, 0.1) is 6.92 Å². The molecule has 0 amide bonds. The van der Waals surface area contributed by atoms with Crippen molar-refractivity contribution in [1.29, 1.82) is 0 Å². The van der Waals surface area contributed by atoms with E-state index >= 15 is 0 Å². The Labute approximate surface area is 206 Å². The topological polar surface area (TPSA) is 68.1 Å². The number of nitrogens with zero attached hydrogens (tertiary/aromatic N) is 5. The van der Waals surface area contributed by atoms with Crippen LogP contribution in [-0.2, 0) is 11.3 Å². The van der Waals surface area contributed by atoms with Crippen molar-refractivity contribution in [3.63, 3.8) is 0 Å². The SMILES string of the molecule is Cc1cc(-c2cccc3ncc(-c4cnn(C5CCNCC5)c4)nc23)ccc1CN1CCOCC1. The Morgan fingerprint density at radius 3 is 2.71 bits per heavy atom. The Balaban J connectivity index is 1.30. The molecule has 4 heterocycles. The highest BCUT2D eigenvalue weighted by Crippen LogP contribution is 2.30. The van der Waals surface area contributed by atoms with Gasteiger partial charge in [0.2, 0.25) is 0 Å². The minimum atomic E-state index is 0.452. The van der Waals surface area contributed by atoms with E-state index in [-0.39, 0.29) is 0 Å². The zero-order valence-electron chi connectivity index (χ0n) is 20.3. The van der Waals surface area contributed by atoms with E-state index < -0.39 is 0 Å². The summed E-state index contributed by atoms with van der Waals surface area (Å²) in [5.41, 5.74) is 8.69. The number of aryl methyl sites for hydroxylation is 1. The van der Waals surface area contributed by atoms with Crippen molar-refractivity contribution in [2.24, 2.45) is 0 Å². The first-order chi connectivity index (χ1) is 17.2. The second-order valence-corrected chi connectivity index (χ2v) is 9.65. The number of hydrogen-bond acceptors (Lipinski definition) is 6. The fourth-order valence-electron chi connectivity index (χ4n) is 5.19. The number of rotatable bonds is 5. The average Bonchev–Trinajstić information content (AvgIpc) is 3.41. The van der Waals surface area contributed by atoms with Gasteiger partial charge >= 0.3 is 0 Å². The van der Waals surface area contributed by atoms with Gasteiger partial charge in [-0.2, -0.15) is 5.10 Å². The normalized spacial score (nSPS) is 17.7. The molecule has 2 saturated heterocycles. The highest BCUT2D eigenvalue weighted by molar-refractivity contribution is 5.92. The Hall–Kier alpha value is -3.13. The number of benzene rings is 2. The quantitative estimate of drug-likeness (QED) is 0.473. The molecule has 0 atom stereocenters. The van der Waals surface area contributed by atoms with Gasteiger partial charge in [0.05, 0.1) is 48.4 Å². The van der Waals surface area contributed by atoms with Crippen molar-refractivity contribution in [2.45, 2.75) is 32.4 Å². The van der Waals surface area contributed by atoms with Gasteiger partial charge in [0.25, 0.3) is 0 Å². The van der Waals surface area contributed by atoms with Crippen molar-refractivity contribution in [1.82, 2.24) is 30.0 Å². The van der Waals surface area contributed by atoms with Crippen molar-refractivity contribution < 1.29 is 4.74 Å². The molecule has 7 nitrogen and oxygen atoms in total. The molecule has 180 valence electrons. The molecule has 0 bridgehead atoms. The molecule has 1 N–H and O–H groups in total. The first-order valence-corrected chi connectivity index (χ1v) is 12.7. The monoisotopic (exact) mass is 468 g/mol. The number of para-hydroxylation sites is 1. The number of hydrogen-bond donors (Lipinski definition) is 1. The number of nitrogens with one attached hydrogen (secondary N) is 1. The van der Waals surface area contributed by atoms with Crippen LogP contribution in [-0.4, -0.2) is 64.0 Å². The highest BCUT2D eigenvalue weighted by atomic mass is 16.5. The van der Waals surface area contributed by atoms with Gasteiger partial charge in [-0.15, -0.1) is 0 Å². The summed E-state index contributed by atoms with van der Waals surface area (Å²) in [6.07, 6.45) is 8.13. The standard InChI is InChI=1S/C28H32N6O/c1-20-15-21(5-6-22(20)18-33-11-13-35-14-12-33)25-3-2-4-26-28(25)32-27(17-30-26)23-16-31-34(19-23)24-7-9-29-10-8-24/h2-6,15-17,19,24,29H,7-14,18H2,1H3. The van der Waals surface area contributed by atoms with Crippen LogP contribution in [0.4, 0.5) is 0 Å². The van der Waals surface area contributed by atoms with Crippen LogP contribution in [0.1, 0.15) is 30.0 Å². The van der Waals surface area contributed by atoms with E-state index in [0.717, 1.165) is 86.6 Å². The van der Waals surface area contributed by atoms with E-state index in [9.17, 15) is 0 Å². The third-order valence-electron chi connectivity index (χ3n) is 7.30. The maximum atomic E-state index is 5.50. The lowest BCUT2D eigenvalue weighted by molar-refractivity contribution is 0.0341. The lowest BCUT2D eigenvalue weighted by Crippen LogP contribution is -2.35. The summed E-state index contributed by atoms with van der Waals surface area (Å²) < 4.78 is 7.60. The van der Waals surface area contributed by atoms with Gasteiger partial charge in [-0.1, -0.05) is 30.3 Å². The van der Waals surface area contributed by atoms with E-state index in [4.69, 9.17) is 14.7 Å². The summed E-state index contributed by atoms with van der Waals surface area (Å²) >= 11 is 0. The fourth-order valence-corrected chi connectivity index (χ4v) is 5.19. The van der Waals surface area contributed by atoms with Gasteiger partial charge in [-0.05, 0) is 55.6 Å². The molecule has 0 spiro atoms. The molecule has 6 rings (SSSR count). The smallest absolute Gasteiger partial charge is 0.0972 e. The van der Waals surface area contributed by atoms with Gasteiger partial charge in [0.15, 0.2) is 0 Å². The number of aromatic nitrogens is 4. The summed E-state index contributed by atoms with van der Waals surface area (Å²) in [6.45, 7) is 8.91. The van der Waals surface area contributed by atoms with Crippen molar-refractivity contribution in [3.8, 4) is 22.4 Å². The maximum absolute atomic E-state index is 5.50. The Bertz CT molecular complexity index is 1320. The number of morpholine rings is 1. The summed E-state index contributed by atoms with van der Waals surface area (Å²) in [5, 5.41) is 8.08. The maximum Gasteiger partial charge on any atom is 0.0972 e. The minimum Gasteiger partial charge on any atom is -0.379 e. The molecule has 0 aliphatic carbocycles. The highest BCUT2D eigenvalue weighted by Gasteiger charge is 2.17. The van der Waals surface area contributed by atoms with Crippen molar-refractivity contribution in [2.75, 3.05) is 39.4 Å². The first kappa shape index (κ1) is 22.3. The van der Waals surface area contributed by atoms with Gasteiger partial charge in [-0.25, -0.2) is 4.98 Å². The second-order valence-electron chi connectivity index (χ2n) is 9.65. The van der Waals surface area contributed by atoms with E-state index in [2.05, 4.69) is 63.4 Å². The lowest BCUT2D eigenvalue weighted by atomic mass is 9.98. The van der Waals surface area contributed by atoms with E-state index in [1.807, 2.05) is 18.5 Å². The molecule has 7 heteroatoms. The number of piperidine rings is 1. The molecule has 4 aromatic rings. The van der Waals surface area contributed by atoms with Crippen molar-refractivity contribution >= 4 is 11.0 Å². The van der Waals surface area contributed by atoms with Gasteiger partial charge in [0.1, 0.15) is 0 Å². The zero-order chi connectivity index (χ0) is 23.6. The molecule has 2 fully saturated rings. The average molecular weight is 469 g/mol. The van der Waals surface area contributed by atoms with Crippen molar-refractivity contribution in [3.05, 3.63) is 66.1 Å². The Morgan fingerprint density at radius 1 is 1.03 bits per heavy atom. The van der Waals surface area contributed by atoms with E-state index in [0.29, 0.717) is 6.04 Å². The summed E-state index contributed by atoms with van der Waals surface area (Å²) in [7, 11) is 0. The third-order valence-corrected chi connectivity index (χ3v) is 7.30. The molecular weight excluding hydrogens is 436 g/mol. The zero-order valence-corrected chi connectivity index (χ0v) is 20.3. The summed E-state index contributed by atoms with van der Waals surface area (Å²) in [6, 6.07) is 13.5. The molecule has 2 aromatic carbocycles. The molecule has 2 aliphatic rings. The summed E-state index contributed by atoms with van der Waals surface area (Å²) in [4.78, 5) is 12.3. The lowest BCUT2D eigenvalue weighted by Gasteiger charge is -2.27. The molecule has 35 heavy (non-hydrogen) atoms. The predicted octanol–water partition coefficient (Wildman–Crippen LogP) is 4.23. The fraction of sp³-hybridized carbons (Fsp3) is 0.393. The van der Waals surface area contributed by atoms with Gasteiger partial charge < -0.3 is 10.1 Å². The van der Waals surface area contributed by atoms with Gasteiger partial charge in [-0.3, -0.25) is 14.6 Å². The van der Waals surface area contributed by atoms with E-state index in [1.165, 1.54) is 16.7 Å². The largest absolute Gasteiger partial charge is 0.379 e. The van der Waals surface area contributed by atoms with E-state index in [1.54, 1.807) is 0 Å². The van der Waals surface area contributed by atoms with Crippen LogP contribution >= 0.6 is 0 Å². The Kier molecular flexibility index (Phi) is 6.29. The van der Waals surface area contributed by atoms with Crippen LogP contribution in [0.5, 0.6) is 0 Å². The Morgan fingerprint density at radius 2 is 1.89 bits per heavy atom. The minimum absolute atomic E-state index is 0.452. The van der Waals surface area contributed by atoms with Gasteiger partial charge in [0, 0.05) is 37.0 Å². The molecule has 0 radical (unpaired) electrons. The number of ether oxygens (including phenoxy) is 1. The first-order valence-electron chi connectivity index (χ1n) is 12.7. The van der Waals surface area contributed by atoms with Crippen LogP contribution in [0.2, 0.25) is 0 Å². The third kappa shape index (κ3) is 4.72. The molecule has 2 aromatic heterocycles. The van der Waals surface area contributed by atoms with Crippen LogP contribution in [0.25, 0.3) is 33.4 Å². The van der Waals surface area contributed by atoms with Crippen LogP contribution in [0.3, 0.4) is 0 Å². The van der Waals surface area contributed by atoms with Crippen LogP contribution < -0.4 is 5.32 Å². The molecule has 2 aliphatic heterocycles. The molecule has 0 saturated carbocycles. The molecule has 0 unspecified atom stereocenters. The number of fused-ring (bicyclic) bond motifs is 1. The predicted molar refractivity (Wildman–Crippen MR) is 138 cm³/mol.